The highest BCUT2D eigenvalue weighted by molar-refractivity contribution is 5.32. The minimum absolute atomic E-state index is 0.0517. The normalized spacial score (nSPS) is 12.3. The number of nitrogens with one attached hydrogen (secondary N) is 1. The monoisotopic (exact) mass is 278 g/mol. The van der Waals surface area contributed by atoms with Crippen LogP contribution in [0.1, 0.15) is 37.4 Å². The van der Waals surface area contributed by atoms with E-state index in [1.807, 2.05) is 36.4 Å². The summed E-state index contributed by atoms with van der Waals surface area (Å²) in [4.78, 5) is 0. The van der Waals surface area contributed by atoms with E-state index >= 15 is 0 Å². The number of nitriles is 1. The minimum Gasteiger partial charge on any atom is -0.291 e. The highest BCUT2D eigenvalue weighted by atomic mass is 15.0. The molecule has 0 spiro atoms. The average molecular weight is 278 g/mol. The lowest BCUT2D eigenvalue weighted by Gasteiger charge is -2.24. The molecule has 2 nitrogen and oxygen atoms in total. The molecular weight excluding hydrogens is 256 g/mol. The number of rotatable bonds is 6. The lowest BCUT2D eigenvalue weighted by Crippen LogP contribution is -2.33. The van der Waals surface area contributed by atoms with Gasteiger partial charge in [0, 0.05) is 0 Å². The number of hydrogen-bond donors (Lipinski definition) is 1. The van der Waals surface area contributed by atoms with Gasteiger partial charge < -0.3 is 0 Å². The SMILES string of the molecule is CC(C)C[C@H](C#N)NC(c1ccccc1)c1ccccc1. The van der Waals surface area contributed by atoms with Gasteiger partial charge in [-0.25, -0.2) is 0 Å². The van der Waals surface area contributed by atoms with Crippen molar-refractivity contribution in [1.82, 2.24) is 5.32 Å². The maximum absolute atomic E-state index is 9.41. The summed E-state index contributed by atoms with van der Waals surface area (Å²) in [5.41, 5.74) is 2.38. The van der Waals surface area contributed by atoms with E-state index in [2.05, 4.69) is 49.5 Å². The second-order valence-electron chi connectivity index (χ2n) is 5.73. The summed E-state index contributed by atoms with van der Waals surface area (Å²) < 4.78 is 0. The van der Waals surface area contributed by atoms with Gasteiger partial charge in [0.05, 0.1) is 18.2 Å². The standard InChI is InChI=1S/C19H22N2/c1-15(2)13-18(14-20)21-19(16-9-5-3-6-10-16)17-11-7-4-8-12-17/h3-12,15,18-19,21H,13H2,1-2H3/t18-/m1/s1. The van der Waals surface area contributed by atoms with Gasteiger partial charge in [-0.2, -0.15) is 5.26 Å². The van der Waals surface area contributed by atoms with Crippen molar-refractivity contribution >= 4 is 0 Å². The molecule has 0 unspecified atom stereocenters. The molecule has 2 aromatic rings. The molecule has 2 rings (SSSR count). The Morgan fingerprint density at radius 1 is 0.905 bits per heavy atom. The summed E-state index contributed by atoms with van der Waals surface area (Å²) in [7, 11) is 0. The zero-order valence-electron chi connectivity index (χ0n) is 12.7. The van der Waals surface area contributed by atoms with Crippen LogP contribution in [0.15, 0.2) is 60.7 Å². The van der Waals surface area contributed by atoms with Crippen molar-refractivity contribution in [2.75, 3.05) is 0 Å². The first-order valence-corrected chi connectivity index (χ1v) is 7.46. The second kappa shape index (κ2) is 7.61. The number of nitrogens with zero attached hydrogens (tertiary/aromatic N) is 1. The van der Waals surface area contributed by atoms with Crippen LogP contribution in [0.5, 0.6) is 0 Å². The van der Waals surface area contributed by atoms with Gasteiger partial charge in [-0.3, -0.25) is 5.32 Å². The molecule has 0 amide bonds. The second-order valence-corrected chi connectivity index (χ2v) is 5.73. The third-order valence-electron chi connectivity index (χ3n) is 3.50. The number of benzene rings is 2. The lowest BCUT2D eigenvalue weighted by molar-refractivity contribution is 0.452. The van der Waals surface area contributed by atoms with Gasteiger partial charge in [-0.1, -0.05) is 74.5 Å². The Morgan fingerprint density at radius 3 is 1.76 bits per heavy atom. The van der Waals surface area contributed by atoms with Gasteiger partial charge in [-0.05, 0) is 23.5 Å². The fraction of sp³-hybridized carbons (Fsp3) is 0.316. The molecule has 0 aliphatic rings. The first kappa shape index (κ1) is 15.3. The molecule has 108 valence electrons. The molecular formula is C19H22N2. The molecule has 2 heteroatoms. The first-order valence-electron chi connectivity index (χ1n) is 7.46. The molecule has 1 N–H and O–H groups in total. The minimum atomic E-state index is -0.143. The van der Waals surface area contributed by atoms with Crippen LogP contribution < -0.4 is 5.32 Å². The van der Waals surface area contributed by atoms with Gasteiger partial charge in [0.25, 0.3) is 0 Å². The fourth-order valence-corrected chi connectivity index (χ4v) is 2.51. The van der Waals surface area contributed by atoms with E-state index in [1.165, 1.54) is 11.1 Å². The van der Waals surface area contributed by atoms with Crippen molar-refractivity contribution in [3.8, 4) is 6.07 Å². The third kappa shape index (κ3) is 4.44. The summed E-state index contributed by atoms with van der Waals surface area (Å²) in [5.74, 6) is 0.495. The van der Waals surface area contributed by atoms with E-state index < -0.39 is 0 Å². The van der Waals surface area contributed by atoms with E-state index in [0.717, 1.165) is 6.42 Å². The van der Waals surface area contributed by atoms with Gasteiger partial charge in [-0.15, -0.1) is 0 Å². The Hall–Kier alpha value is -2.11. The third-order valence-corrected chi connectivity index (χ3v) is 3.50. The molecule has 0 fully saturated rings. The Kier molecular flexibility index (Phi) is 5.54. The average Bonchev–Trinajstić information content (AvgIpc) is 2.52. The van der Waals surface area contributed by atoms with Crippen LogP contribution in [-0.2, 0) is 0 Å². The Bertz CT molecular complexity index is 530. The Balaban J connectivity index is 2.27. The summed E-state index contributed by atoms with van der Waals surface area (Å²) in [6.45, 7) is 4.29. The van der Waals surface area contributed by atoms with Gasteiger partial charge >= 0.3 is 0 Å². The Labute approximate surface area is 127 Å². The van der Waals surface area contributed by atoms with E-state index in [0.29, 0.717) is 5.92 Å². The molecule has 0 aromatic heterocycles. The fourth-order valence-electron chi connectivity index (χ4n) is 2.51. The largest absolute Gasteiger partial charge is 0.291 e. The first-order chi connectivity index (χ1) is 10.2. The van der Waals surface area contributed by atoms with Crippen LogP contribution in [0.4, 0.5) is 0 Å². The van der Waals surface area contributed by atoms with Gasteiger partial charge in [0.2, 0.25) is 0 Å². The molecule has 2 aromatic carbocycles. The van der Waals surface area contributed by atoms with Gasteiger partial charge in [0.1, 0.15) is 0 Å². The van der Waals surface area contributed by atoms with Gasteiger partial charge in [0.15, 0.2) is 0 Å². The molecule has 0 heterocycles. The molecule has 1 atom stereocenters. The van der Waals surface area contributed by atoms with Crippen molar-refractivity contribution in [3.05, 3.63) is 71.8 Å². The maximum atomic E-state index is 9.41. The molecule has 21 heavy (non-hydrogen) atoms. The molecule has 0 bridgehead atoms. The highest BCUT2D eigenvalue weighted by Gasteiger charge is 2.19. The van der Waals surface area contributed by atoms with Crippen LogP contribution in [0.2, 0.25) is 0 Å². The Morgan fingerprint density at radius 2 is 1.38 bits per heavy atom. The van der Waals surface area contributed by atoms with E-state index in [9.17, 15) is 5.26 Å². The van der Waals surface area contributed by atoms with Crippen LogP contribution in [-0.4, -0.2) is 6.04 Å². The highest BCUT2D eigenvalue weighted by Crippen LogP contribution is 2.23. The van der Waals surface area contributed by atoms with Crippen LogP contribution >= 0.6 is 0 Å². The summed E-state index contributed by atoms with van der Waals surface area (Å²) >= 11 is 0. The van der Waals surface area contributed by atoms with E-state index in [-0.39, 0.29) is 12.1 Å². The predicted octanol–water partition coefficient (Wildman–Crippen LogP) is 4.30. The van der Waals surface area contributed by atoms with E-state index in [4.69, 9.17) is 0 Å². The predicted molar refractivity (Wildman–Crippen MR) is 86.7 cm³/mol. The molecule has 0 aliphatic heterocycles. The molecule has 0 radical (unpaired) electrons. The number of hydrogen-bond acceptors (Lipinski definition) is 2. The summed E-state index contributed by atoms with van der Waals surface area (Å²) in [5, 5.41) is 12.9. The van der Waals surface area contributed by atoms with Crippen molar-refractivity contribution in [1.29, 1.82) is 5.26 Å². The zero-order chi connectivity index (χ0) is 15.1. The molecule has 0 saturated carbocycles. The summed E-state index contributed by atoms with van der Waals surface area (Å²) in [6.07, 6.45) is 0.854. The topological polar surface area (TPSA) is 35.8 Å². The quantitative estimate of drug-likeness (QED) is 0.855. The van der Waals surface area contributed by atoms with Crippen LogP contribution in [0.25, 0.3) is 0 Å². The van der Waals surface area contributed by atoms with E-state index in [1.54, 1.807) is 0 Å². The van der Waals surface area contributed by atoms with Crippen molar-refractivity contribution in [2.24, 2.45) is 5.92 Å². The molecule has 0 aliphatic carbocycles. The zero-order valence-corrected chi connectivity index (χ0v) is 12.7. The lowest BCUT2D eigenvalue weighted by atomic mass is 9.96. The van der Waals surface area contributed by atoms with Crippen molar-refractivity contribution < 1.29 is 0 Å². The summed E-state index contributed by atoms with van der Waals surface area (Å²) in [6, 6.07) is 22.9. The smallest absolute Gasteiger partial charge is 0.0962 e. The maximum Gasteiger partial charge on any atom is 0.0962 e. The molecule has 0 saturated heterocycles. The van der Waals surface area contributed by atoms with Crippen molar-refractivity contribution in [3.63, 3.8) is 0 Å². The van der Waals surface area contributed by atoms with Crippen LogP contribution in [0.3, 0.4) is 0 Å². The van der Waals surface area contributed by atoms with Crippen LogP contribution in [0, 0.1) is 17.2 Å². The van der Waals surface area contributed by atoms with Crippen molar-refractivity contribution in [2.45, 2.75) is 32.4 Å².